The third-order valence-electron chi connectivity index (χ3n) is 5.89. The van der Waals surface area contributed by atoms with Gasteiger partial charge in [0.2, 0.25) is 5.91 Å². The molecular formula is C21H33N3O. The van der Waals surface area contributed by atoms with Crippen molar-refractivity contribution in [1.29, 1.82) is 0 Å². The second kappa shape index (κ2) is 9.35. The molecule has 0 spiro atoms. The largest absolute Gasteiger partial charge is 0.340 e. The summed E-state index contributed by atoms with van der Waals surface area (Å²) < 4.78 is 0. The standard InChI is InChI=1S/C21H33N3O/c1-2-22-14-16-24(17-15-22)21(25)10-13-23-11-8-20(9-12-23)18-19-6-4-3-5-7-19/h3-7,20H,2,8-18H2,1H3. The van der Waals surface area contributed by atoms with E-state index in [0.29, 0.717) is 12.3 Å². The monoisotopic (exact) mass is 343 g/mol. The number of carbonyl (C=O) groups excluding carboxylic acids is 1. The molecule has 0 aliphatic carbocycles. The van der Waals surface area contributed by atoms with Crippen LogP contribution in [-0.4, -0.2) is 73.0 Å². The molecular weight excluding hydrogens is 310 g/mol. The number of amides is 1. The lowest BCUT2D eigenvalue weighted by molar-refractivity contribution is -0.133. The molecule has 1 aromatic rings. The average molecular weight is 344 g/mol. The van der Waals surface area contributed by atoms with E-state index in [1.54, 1.807) is 0 Å². The lowest BCUT2D eigenvalue weighted by Gasteiger charge is -2.35. The summed E-state index contributed by atoms with van der Waals surface area (Å²) in [7, 11) is 0. The molecule has 3 rings (SSSR count). The molecule has 2 heterocycles. The van der Waals surface area contributed by atoms with E-state index >= 15 is 0 Å². The molecule has 0 aromatic heterocycles. The highest BCUT2D eigenvalue weighted by Crippen LogP contribution is 2.21. The Bertz CT molecular complexity index is 517. The van der Waals surface area contributed by atoms with E-state index in [-0.39, 0.29) is 0 Å². The van der Waals surface area contributed by atoms with E-state index in [1.807, 2.05) is 0 Å². The smallest absolute Gasteiger partial charge is 0.223 e. The molecule has 4 heteroatoms. The van der Waals surface area contributed by atoms with E-state index in [9.17, 15) is 4.79 Å². The summed E-state index contributed by atoms with van der Waals surface area (Å²) in [5, 5.41) is 0. The van der Waals surface area contributed by atoms with Gasteiger partial charge in [-0.15, -0.1) is 0 Å². The molecule has 0 atom stereocenters. The van der Waals surface area contributed by atoms with Gasteiger partial charge in [0.25, 0.3) is 0 Å². The molecule has 25 heavy (non-hydrogen) atoms. The molecule has 0 saturated carbocycles. The van der Waals surface area contributed by atoms with Crippen molar-refractivity contribution < 1.29 is 4.79 Å². The van der Waals surface area contributed by atoms with Crippen LogP contribution in [0.2, 0.25) is 0 Å². The Balaban J connectivity index is 1.33. The van der Waals surface area contributed by atoms with Crippen LogP contribution in [0.5, 0.6) is 0 Å². The van der Waals surface area contributed by atoms with Gasteiger partial charge in [0, 0.05) is 39.1 Å². The van der Waals surface area contributed by atoms with E-state index in [0.717, 1.165) is 58.3 Å². The van der Waals surface area contributed by atoms with Crippen molar-refractivity contribution in [2.24, 2.45) is 5.92 Å². The highest BCUT2D eigenvalue weighted by atomic mass is 16.2. The van der Waals surface area contributed by atoms with Crippen molar-refractivity contribution in [2.45, 2.75) is 32.6 Å². The summed E-state index contributed by atoms with van der Waals surface area (Å²) in [4.78, 5) is 19.4. The minimum Gasteiger partial charge on any atom is -0.340 e. The number of hydrogen-bond donors (Lipinski definition) is 0. The molecule has 2 aliphatic heterocycles. The van der Waals surface area contributed by atoms with Gasteiger partial charge in [-0.1, -0.05) is 37.3 Å². The Labute approximate surface area is 152 Å². The van der Waals surface area contributed by atoms with Crippen LogP contribution in [0.1, 0.15) is 31.7 Å². The van der Waals surface area contributed by atoms with Gasteiger partial charge in [-0.3, -0.25) is 4.79 Å². The second-order valence-corrected chi connectivity index (χ2v) is 7.54. The summed E-state index contributed by atoms with van der Waals surface area (Å²) in [6, 6.07) is 10.8. The average Bonchev–Trinajstić information content (AvgIpc) is 2.68. The predicted molar refractivity (Wildman–Crippen MR) is 103 cm³/mol. The Morgan fingerprint density at radius 3 is 2.28 bits per heavy atom. The van der Waals surface area contributed by atoms with E-state index in [1.165, 1.54) is 24.8 Å². The highest BCUT2D eigenvalue weighted by Gasteiger charge is 2.23. The van der Waals surface area contributed by atoms with Gasteiger partial charge >= 0.3 is 0 Å². The highest BCUT2D eigenvalue weighted by molar-refractivity contribution is 5.76. The first-order chi connectivity index (χ1) is 12.2. The molecule has 1 aromatic carbocycles. The first-order valence-electron chi connectivity index (χ1n) is 10.0. The summed E-state index contributed by atoms with van der Waals surface area (Å²) in [6.45, 7) is 10.4. The Morgan fingerprint density at radius 2 is 1.64 bits per heavy atom. The number of likely N-dealkylation sites (N-methyl/N-ethyl adjacent to an activating group) is 1. The molecule has 1 amide bonds. The maximum Gasteiger partial charge on any atom is 0.223 e. The van der Waals surface area contributed by atoms with Crippen molar-refractivity contribution in [2.75, 3.05) is 52.4 Å². The van der Waals surface area contributed by atoms with Gasteiger partial charge in [0.1, 0.15) is 0 Å². The number of rotatable bonds is 6. The summed E-state index contributed by atoms with van der Waals surface area (Å²) >= 11 is 0. The fraction of sp³-hybridized carbons (Fsp3) is 0.667. The third kappa shape index (κ3) is 5.55. The first-order valence-corrected chi connectivity index (χ1v) is 10.0. The zero-order valence-corrected chi connectivity index (χ0v) is 15.7. The summed E-state index contributed by atoms with van der Waals surface area (Å²) in [6.07, 6.45) is 4.42. The number of piperidine rings is 1. The molecule has 138 valence electrons. The molecule has 0 bridgehead atoms. The number of benzene rings is 1. The van der Waals surface area contributed by atoms with Crippen LogP contribution in [0.25, 0.3) is 0 Å². The van der Waals surface area contributed by atoms with Gasteiger partial charge in [-0.25, -0.2) is 0 Å². The van der Waals surface area contributed by atoms with Crippen LogP contribution >= 0.6 is 0 Å². The van der Waals surface area contributed by atoms with Gasteiger partial charge < -0.3 is 14.7 Å². The minimum absolute atomic E-state index is 0.349. The maximum absolute atomic E-state index is 12.4. The molecule has 2 aliphatic rings. The summed E-state index contributed by atoms with van der Waals surface area (Å²) in [5.41, 5.74) is 1.46. The van der Waals surface area contributed by atoms with Gasteiger partial charge in [-0.05, 0) is 50.4 Å². The van der Waals surface area contributed by atoms with Crippen LogP contribution in [0.3, 0.4) is 0 Å². The Kier molecular flexibility index (Phi) is 6.88. The lowest BCUT2D eigenvalue weighted by atomic mass is 9.90. The fourth-order valence-corrected chi connectivity index (χ4v) is 4.09. The van der Waals surface area contributed by atoms with Crippen molar-refractivity contribution >= 4 is 5.91 Å². The van der Waals surface area contributed by atoms with Crippen LogP contribution in [0.4, 0.5) is 0 Å². The van der Waals surface area contributed by atoms with E-state index < -0.39 is 0 Å². The topological polar surface area (TPSA) is 26.8 Å². The maximum atomic E-state index is 12.4. The third-order valence-corrected chi connectivity index (χ3v) is 5.89. The normalized spacial score (nSPS) is 20.8. The fourth-order valence-electron chi connectivity index (χ4n) is 4.09. The SMILES string of the molecule is CCN1CCN(C(=O)CCN2CCC(Cc3ccccc3)CC2)CC1. The zero-order valence-electron chi connectivity index (χ0n) is 15.7. The van der Waals surface area contributed by atoms with Crippen LogP contribution in [0.15, 0.2) is 30.3 Å². The second-order valence-electron chi connectivity index (χ2n) is 7.54. The lowest BCUT2D eigenvalue weighted by Crippen LogP contribution is -2.49. The van der Waals surface area contributed by atoms with Gasteiger partial charge in [0.15, 0.2) is 0 Å². The van der Waals surface area contributed by atoms with Crippen LogP contribution in [-0.2, 0) is 11.2 Å². The number of carbonyl (C=O) groups is 1. The van der Waals surface area contributed by atoms with Gasteiger partial charge in [-0.2, -0.15) is 0 Å². The van der Waals surface area contributed by atoms with Crippen LogP contribution < -0.4 is 0 Å². The predicted octanol–water partition coefficient (Wildman–Crippen LogP) is 2.50. The molecule has 2 saturated heterocycles. The molecule has 2 fully saturated rings. The number of likely N-dealkylation sites (tertiary alicyclic amines) is 1. The van der Waals surface area contributed by atoms with Crippen molar-refractivity contribution in [3.8, 4) is 0 Å². The molecule has 0 N–H and O–H groups in total. The number of piperazine rings is 1. The molecule has 0 radical (unpaired) electrons. The quantitative estimate of drug-likeness (QED) is 0.794. The Morgan fingerprint density at radius 1 is 0.960 bits per heavy atom. The van der Waals surface area contributed by atoms with Crippen molar-refractivity contribution in [1.82, 2.24) is 14.7 Å². The Hall–Kier alpha value is -1.39. The summed E-state index contributed by atoms with van der Waals surface area (Å²) in [5.74, 6) is 1.15. The molecule has 4 nitrogen and oxygen atoms in total. The number of nitrogens with zero attached hydrogens (tertiary/aromatic N) is 3. The minimum atomic E-state index is 0.349. The van der Waals surface area contributed by atoms with E-state index in [4.69, 9.17) is 0 Å². The van der Waals surface area contributed by atoms with Crippen molar-refractivity contribution in [3.05, 3.63) is 35.9 Å². The zero-order chi connectivity index (χ0) is 17.5. The van der Waals surface area contributed by atoms with Crippen molar-refractivity contribution in [3.63, 3.8) is 0 Å². The number of hydrogen-bond acceptors (Lipinski definition) is 3. The van der Waals surface area contributed by atoms with Gasteiger partial charge in [0.05, 0.1) is 0 Å². The van der Waals surface area contributed by atoms with E-state index in [2.05, 4.69) is 52.0 Å². The first kappa shape index (κ1) is 18.4. The molecule has 0 unspecified atom stereocenters. The van der Waals surface area contributed by atoms with Crippen LogP contribution in [0, 0.1) is 5.92 Å².